The second kappa shape index (κ2) is 22.2. The third-order valence-electron chi connectivity index (χ3n) is 12.5. The van der Waals surface area contributed by atoms with E-state index in [1.807, 2.05) is 6.07 Å². The van der Waals surface area contributed by atoms with Crippen molar-refractivity contribution in [3.63, 3.8) is 0 Å². The van der Waals surface area contributed by atoms with Crippen molar-refractivity contribution >= 4 is 33.9 Å². The number of halogens is 7. The van der Waals surface area contributed by atoms with E-state index in [-0.39, 0.29) is 95.7 Å². The molecule has 75 heavy (non-hydrogen) atoms. The van der Waals surface area contributed by atoms with Gasteiger partial charge in [0, 0.05) is 71.2 Å². The summed E-state index contributed by atoms with van der Waals surface area (Å²) < 4.78 is 108. The monoisotopic (exact) mass is 1100 g/mol. The molecule has 2 fully saturated rings. The van der Waals surface area contributed by atoms with Crippen molar-refractivity contribution in [2.24, 2.45) is 0 Å². The third-order valence-corrected chi connectivity index (χ3v) is 13.1. The fourth-order valence-corrected chi connectivity index (χ4v) is 9.33. The molecule has 0 radical (unpaired) electrons. The van der Waals surface area contributed by atoms with Crippen LogP contribution in [0.1, 0.15) is 84.2 Å². The number of nitrogens with zero attached hydrogens (tertiary/aromatic N) is 9. The number of pyridine rings is 2. The molecule has 0 bridgehead atoms. The summed E-state index contributed by atoms with van der Waals surface area (Å²) in [6.45, 7) is 10.3. The highest BCUT2D eigenvalue weighted by atomic mass is 79.9. The Labute approximate surface area is 437 Å². The number of nitriles is 1. The lowest BCUT2D eigenvalue weighted by Gasteiger charge is -2.48. The molecule has 2 amide bonds. The number of aromatic nitrogens is 6. The first-order valence-corrected chi connectivity index (χ1v) is 24.2. The van der Waals surface area contributed by atoms with Crippen LogP contribution in [0, 0.1) is 34.6 Å². The highest BCUT2D eigenvalue weighted by molar-refractivity contribution is 9.10. The Bertz CT molecular complexity index is 3090. The Balaban J connectivity index is 0.000000219. The molecule has 15 nitrogen and oxygen atoms in total. The van der Waals surface area contributed by atoms with Crippen molar-refractivity contribution in [1.29, 1.82) is 5.26 Å². The van der Waals surface area contributed by atoms with E-state index in [0.717, 1.165) is 6.07 Å². The summed E-state index contributed by atoms with van der Waals surface area (Å²) in [5.41, 5.74) is -2.87. The van der Waals surface area contributed by atoms with Gasteiger partial charge in [0.05, 0.1) is 47.0 Å². The first kappa shape index (κ1) is 55.3. The van der Waals surface area contributed by atoms with Gasteiger partial charge < -0.3 is 23.8 Å². The normalized spacial score (nSPS) is 19.0. The molecule has 0 atom stereocenters. The second-order valence-electron chi connectivity index (χ2n) is 20.1. The van der Waals surface area contributed by atoms with E-state index in [9.17, 15) is 41.2 Å². The zero-order chi connectivity index (χ0) is 54.6. The second-order valence-corrected chi connectivity index (χ2v) is 20.9. The zero-order valence-electron chi connectivity index (χ0n) is 42.1. The number of hydrogen-bond acceptors (Lipinski definition) is 13. The van der Waals surface area contributed by atoms with Crippen molar-refractivity contribution in [2.75, 3.05) is 32.2 Å². The van der Waals surface area contributed by atoms with Crippen LogP contribution in [0.3, 0.4) is 0 Å². The molecule has 4 aromatic heterocycles. The van der Waals surface area contributed by atoms with E-state index in [1.54, 1.807) is 41.5 Å². The molecule has 0 aliphatic heterocycles. The van der Waals surface area contributed by atoms with Gasteiger partial charge in [-0.1, -0.05) is 0 Å². The van der Waals surface area contributed by atoms with Crippen LogP contribution in [0.2, 0.25) is 0 Å². The van der Waals surface area contributed by atoms with Crippen molar-refractivity contribution in [2.45, 2.75) is 102 Å². The first-order valence-electron chi connectivity index (χ1n) is 23.4. The Morgan fingerprint density at radius 1 is 0.693 bits per heavy atom. The molecule has 2 aliphatic rings. The molecule has 0 unspecified atom stereocenters. The van der Waals surface area contributed by atoms with Gasteiger partial charge in [0.25, 0.3) is 0 Å². The number of carbonyl (C=O) groups is 2. The van der Waals surface area contributed by atoms with Crippen molar-refractivity contribution < 1.29 is 54.9 Å². The van der Waals surface area contributed by atoms with Crippen LogP contribution in [0.25, 0.3) is 22.5 Å². The van der Waals surface area contributed by atoms with E-state index in [4.69, 9.17) is 18.9 Å². The summed E-state index contributed by atoms with van der Waals surface area (Å²) >= 11 is 3.33. The molecule has 2 aromatic carbocycles. The molecule has 6 aromatic rings. The summed E-state index contributed by atoms with van der Waals surface area (Å²) in [5, 5.41) is 25.4. The Morgan fingerprint density at radius 3 is 1.67 bits per heavy atom. The van der Waals surface area contributed by atoms with Gasteiger partial charge in [-0.2, -0.15) is 5.26 Å². The molecule has 0 saturated heterocycles. The van der Waals surface area contributed by atoms with Crippen LogP contribution >= 0.6 is 15.9 Å². The Kier molecular flexibility index (Phi) is 16.4. The highest BCUT2D eigenvalue weighted by Crippen LogP contribution is 2.48. The molecular weight excluding hydrogens is 1050 g/mol. The van der Waals surface area contributed by atoms with Gasteiger partial charge in [0.15, 0.2) is 5.82 Å². The molecule has 0 spiro atoms. The lowest BCUT2D eigenvalue weighted by Crippen LogP contribution is -2.58. The van der Waals surface area contributed by atoms with Crippen molar-refractivity contribution in [3.05, 3.63) is 130 Å². The number of ether oxygens (including phenoxy) is 4. The van der Waals surface area contributed by atoms with Crippen LogP contribution in [-0.2, 0) is 15.6 Å². The summed E-state index contributed by atoms with van der Waals surface area (Å²) in [6, 6.07) is 18.2. The van der Waals surface area contributed by atoms with Crippen LogP contribution in [0.15, 0.2) is 89.7 Å². The third kappa shape index (κ3) is 12.4. The quantitative estimate of drug-likeness (QED) is 0.106. The molecule has 22 heteroatoms. The zero-order valence-corrected chi connectivity index (χ0v) is 43.7. The number of amides is 2. The average Bonchev–Trinajstić information content (AvgIpc) is 3.34. The van der Waals surface area contributed by atoms with E-state index >= 15 is 0 Å². The van der Waals surface area contributed by atoms with Crippen LogP contribution in [0.4, 0.5) is 41.7 Å². The fourth-order valence-electron chi connectivity index (χ4n) is 8.82. The maximum Gasteiger partial charge on any atom is 0.417 e. The van der Waals surface area contributed by atoms with E-state index in [2.05, 4.69) is 46.3 Å². The molecule has 2 saturated carbocycles. The van der Waals surface area contributed by atoms with E-state index in [1.165, 1.54) is 103 Å². The van der Waals surface area contributed by atoms with Gasteiger partial charge in [-0.25, -0.2) is 35.9 Å². The number of anilines is 1. The van der Waals surface area contributed by atoms with Crippen LogP contribution < -0.4 is 19.1 Å². The predicted molar refractivity (Wildman–Crippen MR) is 266 cm³/mol. The smallest absolute Gasteiger partial charge is 0.417 e. The maximum atomic E-state index is 14.7. The van der Waals surface area contributed by atoms with Gasteiger partial charge in [-0.3, -0.25) is 14.9 Å². The van der Waals surface area contributed by atoms with Crippen molar-refractivity contribution in [1.82, 2.24) is 35.3 Å². The SMILES string of the molecule is COc1cc(F)c(-c2ccc(N(C[C@]3(c4ncccc4F)C[C@@H](F)C3)C(=O)OC(C)(C)C)nn2)cc1Br.COc1cc(F)c(-c2ccc(OC(=O)N(C[C@]3(c4ncccc4F)C[C@@H](F)C3)C(C)(C)C)nn2)cc1C#N. The van der Waals surface area contributed by atoms with Crippen LogP contribution in [-0.4, -0.2) is 98.2 Å². The summed E-state index contributed by atoms with van der Waals surface area (Å²) in [6.07, 6.45) is -0.965. The van der Waals surface area contributed by atoms with E-state index in [0.29, 0.717) is 10.2 Å². The van der Waals surface area contributed by atoms with Gasteiger partial charge in [-0.05, 0) is 138 Å². The summed E-state index contributed by atoms with van der Waals surface area (Å²) in [5.74, 6) is -2.05. The highest BCUT2D eigenvalue weighted by Gasteiger charge is 2.53. The first-order chi connectivity index (χ1) is 35.4. The maximum absolute atomic E-state index is 14.7. The number of hydrogen-bond donors (Lipinski definition) is 0. The Morgan fingerprint density at radius 2 is 1.21 bits per heavy atom. The molecule has 4 heterocycles. The van der Waals surface area contributed by atoms with Gasteiger partial charge in [0.2, 0.25) is 5.88 Å². The number of methoxy groups -OCH3 is 2. The van der Waals surface area contributed by atoms with Gasteiger partial charge in [-0.15, -0.1) is 20.4 Å². The summed E-state index contributed by atoms with van der Waals surface area (Å²) in [4.78, 5) is 37.4. The number of benzene rings is 2. The minimum Gasteiger partial charge on any atom is -0.495 e. The molecular formula is C53H52BrF6N9O6. The van der Waals surface area contributed by atoms with Gasteiger partial charge in [0.1, 0.15) is 58.8 Å². The molecule has 8 rings (SSSR count). The average molecular weight is 1100 g/mol. The lowest BCUT2D eigenvalue weighted by atomic mass is 9.64. The van der Waals surface area contributed by atoms with Gasteiger partial charge >= 0.3 is 12.2 Å². The molecule has 394 valence electrons. The Hall–Kier alpha value is -7.41. The molecule has 2 aliphatic carbocycles. The topological polar surface area (TPSA) is 179 Å². The van der Waals surface area contributed by atoms with E-state index < -0.39 is 69.8 Å². The van der Waals surface area contributed by atoms with Crippen LogP contribution in [0.5, 0.6) is 17.4 Å². The predicted octanol–water partition coefficient (Wildman–Crippen LogP) is 11.8. The number of carbonyl (C=O) groups excluding carboxylic acids is 2. The largest absolute Gasteiger partial charge is 0.495 e. The van der Waals surface area contributed by atoms with Crippen molar-refractivity contribution in [3.8, 4) is 46.0 Å². The minimum atomic E-state index is -1.16. The minimum absolute atomic E-state index is 0.0170. The number of rotatable bonds is 12. The molecule has 0 N–H and O–H groups in total. The standard InChI is InChI=1S/C27H26F3N5O3.C26H26BrF3N4O3/c1-26(2,3)35(15-27(12-17(28)13-27)24-19(29)6-5-9-32-24)25(36)38-23-8-7-21(33-34-23)18-10-16(14-31)22(37-4)11-20(18)30;1-25(2,3)37-24(35)34(14-26(12-15(28)13-26)23-18(29)6-5-9-31-23)22-8-7-20(32-33-22)16-10-17(27)21(36-4)11-19(16)30/h5-11,17H,12-13,15H2,1-4H3;5-11,15H,12-14H2,1-4H3/t17-,27+;15-,26+. The lowest BCUT2D eigenvalue weighted by molar-refractivity contribution is 0.0247. The summed E-state index contributed by atoms with van der Waals surface area (Å²) in [7, 11) is 2.75. The fraction of sp³-hybridized carbons (Fsp3) is 0.377. The number of alkyl halides is 2.